The standard InChI is InChI=1S/C16H25NO4/c1-4-10-21-14-7-6-13(11-15(14)20-5-2)12-17(3)9-8-16(18)19/h6-7,11H,4-5,8-10,12H2,1-3H3,(H,18,19). The Labute approximate surface area is 126 Å². The van der Waals surface area contributed by atoms with Crippen LogP contribution in [0.4, 0.5) is 0 Å². The van der Waals surface area contributed by atoms with Gasteiger partial charge in [-0.2, -0.15) is 0 Å². The summed E-state index contributed by atoms with van der Waals surface area (Å²) < 4.78 is 11.3. The van der Waals surface area contributed by atoms with Gasteiger partial charge in [-0.1, -0.05) is 13.0 Å². The van der Waals surface area contributed by atoms with Gasteiger partial charge < -0.3 is 19.5 Å². The van der Waals surface area contributed by atoms with Crippen molar-refractivity contribution in [2.24, 2.45) is 0 Å². The van der Waals surface area contributed by atoms with Crippen LogP contribution < -0.4 is 9.47 Å². The van der Waals surface area contributed by atoms with E-state index in [1.54, 1.807) is 0 Å². The number of aliphatic carboxylic acids is 1. The second kappa shape index (κ2) is 9.23. The van der Waals surface area contributed by atoms with E-state index in [9.17, 15) is 4.79 Å². The molecule has 0 atom stereocenters. The van der Waals surface area contributed by atoms with Gasteiger partial charge in [0, 0.05) is 13.1 Å². The molecule has 0 fully saturated rings. The van der Waals surface area contributed by atoms with Gasteiger partial charge in [-0.05, 0) is 38.1 Å². The zero-order valence-electron chi connectivity index (χ0n) is 13.1. The molecule has 0 aliphatic carbocycles. The van der Waals surface area contributed by atoms with Crippen LogP contribution in [0.2, 0.25) is 0 Å². The molecule has 0 aromatic heterocycles. The Morgan fingerprint density at radius 3 is 2.62 bits per heavy atom. The third-order valence-electron chi connectivity index (χ3n) is 2.93. The molecule has 1 aromatic rings. The molecule has 0 unspecified atom stereocenters. The number of hydrogen-bond donors (Lipinski definition) is 1. The van der Waals surface area contributed by atoms with E-state index >= 15 is 0 Å². The predicted octanol–water partition coefficient (Wildman–Crippen LogP) is 2.78. The molecule has 5 heteroatoms. The number of carbonyl (C=O) groups is 1. The van der Waals surface area contributed by atoms with Crippen LogP contribution >= 0.6 is 0 Å². The van der Waals surface area contributed by atoms with Gasteiger partial charge >= 0.3 is 5.97 Å². The van der Waals surface area contributed by atoms with Gasteiger partial charge in [0.2, 0.25) is 0 Å². The van der Waals surface area contributed by atoms with E-state index in [4.69, 9.17) is 14.6 Å². The highest BCUT2D eigenvalue weighted by Crippen LogP contribution is 2.29. The molecule has 0 aliphatic heterocycles. The van der Waals surface area contributed by atoms with Crippen molar-refractivity contribution in [3.8, 4) is 11.5 Å². The molecule has 0 spiro atoms. The van der Waals surface area contributed by atoms with Crippen LogP contribution in [-0.2, 0) is 11.3 Å². The number of carboxylic acids is 1. The molecule has 0 radical (unpaired) electrons. The van der Waals surface area contributed by atoms with E-state index < -0.39 is 5.97 Å². The summed E-state index contributed by atoms with van der Waals surface area (Å²) in [5.74, 6) is 0.728. The van der Waals surface area contributed by atoms with E-state index in [1.807, 2.05) is 37.1 Å². The van der Waals surface area contributed by atoms with Crippen LogP contribution in [0.3, 0.4) is 0 Å². The normalized spacial score (nSPS) is 10.7. The first-order chi connectivity index (χ1) is 10.1. The Balaban J connectivity index is 2.70. The number of hydrogen-bond acceptors (Lipinski definition) is 4. The van der Waals surface area contributed by atoms with Crippen molar-refractivity contribution in [2.75, 3.05) is 26.8 Å². The number of rotatable bonds is 10. The largest absolute Gasteiger partial charge is 0.490 e. The second-order valence-corrected chi connectivity index (χ2v) is 4.94. The maximum absolute atomic E-state index is 10.6. The summed E-state index contributed by atoms with van der Waals surface area (Å²) in [4.78, 5) is 12.6. The molecule has 1 N–H and O–H groups in total. The highest BCUT2D eigenvalue weighted by molar-refractivity contribution is 5.66. The predicted molar refractivity (Wildman–Crippen MR) is 82.0 cm³/mol. The van der Waals surface area contributed by atoms with Crippen molar-refractivity contribution in [2.45, 2.75) is 33.2 Å². The summed E-state index contributed by atoms with van der Waals surface area (Å²) in [6, 6.07) is 5.87. The fourth-order valence-corrected chi connectivity index (χ4v) is 1.93. The van der Waals surface area contributed by atoms with Gasteiger partial charge in [0.15, 0.2) is 11.5 Å². The molecule has 21 heavy (non-hydrogen) atoms. The lowest BCUT2D eigenvalue weighted by Gasteiger charge is -2.17. The van der Waals surface area contributed by atoms with Crippen molar-refractivity contribution < 1.29 is 19.4 Å². The Hall–Kier alpha value is -1.75. The van der Waals surface area contributed by atoms with E-state index in [2.05, 4.69) is 6.92 Å². The van der Waals surface area contributed by atoms with Crippen molar-refractivity contribution in [3.05, 3.63) is 23.8 Å². The maximum atomic E-state index is 10.6. The molecule has 0 amide bonds. The number of ether oxygens (including phenoxy) is 2. The lowest BCUT2D eigenvalue weighted by atomic mass is 10.2. The van der Waals surface area contributed by atoms with Gasteiger partial charge in [0.25, 0.3) is 0 Å². The Morgan fingerprint density at radius 1 is 1.24 bits per heavy atom. The van der Waals surface area contributed by atoms with Gasteiger partial charge in [0.1, 0.15) is 0 Å². The van der Waals surface area contributed by atoms with Crippen LogP contribution in [0.5, 0.6) is 11.5 Å². The summed E-state index contributed by atoms with van der Waals surface area (Å²) >= 11 is 0. The Morgan fingerprint density at radius 2 is 2.00 bits per heavy atom. The molecular formula is C16H25NO4. The molecule has 0 heterocycles. The monoisotopic (exact) mass is 295 g/mol. The third-order valence-corrected chi connectivity index (χ3v) is 2.93. The van der Waals surface area contributed by atoms with Crippen molar-refractivity contribution >= 4 is 5.97 Å². The first-order valence-corrected chi connectivity index (χ1v) is 7.35. The lowest BCUT2D eigenvalue weighted by molar-refractivity contribution is -0.137. The minimum Gasteiger partial charge on any atom is -0.490 e. The molecule has 5 nitrogen and oxygen atoms in total. The fourth-order valence-electron chi connectivity index (χ4n) is 1.93. The van der Waals surface area contributed by atoms with Crippen LogP contribution in [0, 0.1) is 0 Å². The SMILES string of the molecule is CCCOc1ccc(CN(C)CCC(=O)O)cc1OCC. The number of benzene rings is 1. The summed E-state index contributed by atoms with van der Waals surface area (Å²) in [6.45, 7) is 6.45. The molecule has 0 saturated carbocycles. The zero-order chi connectivity index (χ0) is 15.7. The first kappa shape index (κ1) is 17.3. The van der Waals surface area contributed by atoms with Gasteiger partial charge in [-0.3, -0.25) is 4.79 Å². The molecule has 1 aromatic carbocycles. The zero-order valence-corrected chi connectivity index (χ0v) is 13.1. The molecular weight excluding hydrogens is 270 g/mol. The minimum atomic E-state index is -0.778. The average Bonchev–Trinajstić information content (AvgIpc) is 2.45. The minimum absolute atomic E-state index is 0.145. The van der Waals surface area contributed by atoms with E-state index in [-0.39, 0.29) is 6.42 Å². The van der Waals surface area contributed by atoms with Gasteiger partial charge in [-0.25, -0.2) is 0 Å². The third kappa shape index (κ3) is 6.49. The number of carboxylic acid groups (broad SMARTS) is 1. The topological polar surface area (TPSA) is 59.0 Å². The van der Waals surface area contributed by atoms with Crippen LogP contribution in [-0.4, -0.2) is 42.8 Å². The lowest BCUT2D eigenvalue weighted by Crippen LogP contribution is -2.21. The highest BCUT2D eigenvalue weighted by atomic mass is 16.5. The molecule has 0 bridgehead atoms. The van der Waals surface area contributed by atoms with Gasteiger partial charge in [-0.15, -0.1) is 0 Å². The van der Waals surface area contributed by atoms with Crippen LogP contribution in [0.15, 0.2) is 18.2 Å². The summed E-state index contributed by atoms with van der Waals surface area (Å²) in [5.41, 5.74) is 1.08. The summed E-state index contributed by atoms with van der Waals surface area (Å²) in [5, 5.41) is 8.70. The molecule has 118 valence electrons. The van der Waals surface area contributed by atoms with Crippen molar-refractivity contribution in [3.63, 3.8) is 0 Å². The first-order valence-electron chi connectivity index (χ1n) is 7.35. The summed E-state index contributed by atoms with van der Waals surface area (Å²) in [6.07, 6.45) is 1.09. The van der Waals surface area contributed by atoms with Crippen molar-refractivity contribution in [1.29, 1.82) is 0 Å². The molecule has 0 saturated heterocycles. The van der Waals surface area contributed by atoms with Crippen LogP contribution in [0.25, 0.3) is 0 Å². The van der Waals surface area contributed by atoms with E-state index in [0.29, 0.717) is 26.3 Å². The Kier molecular flexibility index (Phi) is 7.61. The smallest absolute Gasteiger partial charge is 0.304 e. The van der Waals surface area contributed by atoms with Crippen LogP contribution in [0.1, 0.15) is 32.3 Å². The molecule has 1 rings (SSSR count). The summed E-state index contributed by atoms with van der Waals surface area (Å²) in [7, 11) is 1.91. The van der Waals surface area contributed by atoms with E-state index in [1.165, 1.54) is 0 Å². The maximum Gasteiger partial charge on any atom is 0.304 e. The van der Waals surface area contributed by atoms with E-state index in [0.717, 1.165) is 23.5 Å². The quantitative estimate of drug-likeness (QED) is 0.719. The van der Waals surface area contributed by atoms with Gasteiger partial charge in [0.05, 0.1) is 19.6 Å². The second-order valence-electron chi connectivity index (χ2n) is 4.94. The highest BCUT2D eigenvalue weighted by Gasteiger charge is 2.09. The van der Waals surface area contributed by atoms with Crippen molar-refractivity contribution in [1.82, 2.24) is 4.90 Å². The molecule has 0 aliphatic rings. The average molecular weight is 295 g/mol. The number of nitrogens with zero attached hydrogens (tertiary/aromatic N) is 1. The Bertz CT molecular complexity index is 448. The fraction of sp³-hybridized carbons (Fsp3) is 0.562.